The van der Waals surface area contributed by atoms with Crippen LogP contribution in [0.1, 0.15) is 29.8 Å². The van der Waals surface area contributed by atoms with E-state index in [1.807, 2.05) is 32.0 Å². The van der Waals surface area contributed by atoms with Crippen LogP contribution in [0.3, 0.4) is 0 Å². The Kier molecular flexibility index (Phi) is 2.52. The van der Waals surface area contributed by atoms with Gasteiger partial charge >= 0.3 is 0 Å². The van der Waals surface area contributed by atoms with E-state index in [0.717, 1.165) is 28.7 Å². The lowest BCUT2D eigenvalue weighted by Crippen LogP contribution is -2.18. The van der Waals surface area contributed by atoms with Gasteiger partial charge in [-0.25, -0.2) is 4.98 Å². The van der Waals surface area contributed by atoms with E-state index in [-0.39, 0.29) is 11.2 Å². The maximum absolute atomic E-state index is 12.8. The third-order valence-corrected chi connectivity index (χ3v) is 3.66. The van der Waals surface area contributed by atoms with E-state index in [1.165, 1.54) is 12.3 Å². The summed E-state index contributed by atoms with van der Waals surface area (Å²) in [6, 6.07) is 8.84. The lowest BCUT2D eigenvalue weighted by Gasteiger charge is -2.13. The van der Waals surface area contributed by atoms with Gasteiger partial charge in [0, 0.05) is 22.7 Å². The normalized spacial score (nSPS) is 16.5. The highest BCUT2D eigenvalue weighted by Crippen LogP contribution is 2.37. The number of pyridine rings is 1. The molecule has 3 heteroatoms. The molecule has 0 amide bonds. The first kappa shape index (κ1) is 12.0. The number of benzene rings is 1. The fraction of sp³-hybridized carbons (Fsp3) is 0.250. The zero-order valence-corrected chi connectivity index (χ0v) is 10.9. The van der Waals surface area contributed by atoms with E-state index in [2.05, 4.69) is 4.98 Å². The molecule has 1 aromatic heterocycles. The fourth-order valence-corrected chi connectivity index (χ4v) is 2.59. The van der Waals surface area contributed by atoms with Gasteiger partial charge in [0.2, 0.25) is 5.95 Å². The van der Waals surface area contributed by atoms with Crippen molar-refractivity contribution in [2.24, 2.45) is 5.41 Å². The summed E-state index contributed by atoms with van der Waals surface area (Å²) in [7, 11) is 0. The fourth-order valence-electron chi connectivity index (χ4n) is 2.59. The van der Waals surface area contributed by atoms with Gasteiger partial charge in [-0.2, -0.15) is 4.39 Å². The van der Waals surface area contributed by atoms with Crippen LogP contribution in [0.25, 0.3) is 11.1 Å². The topological polar surface area (TPSA) is 30.0 Å². The average molecular weight is 255 g/mol. The molecule has 0 atom stereocenters. The van der Waals surface area contributed by atoms with E-state index in [4.69, 9.17) is 0 Å². The highest BCUT2D eigenvalue weighted by atomic mass is 19.1. The van der Waals surface area contributed by atoms with Crippen LogP contribution in [0.4, 0.5) is 4.39 Å². The molecule has 0 saturated carbocycles. The summed E-state index contributed by atoms with van der Waals surface area (Å²) >= 11 is 0. The summed E-state index contributed by atoms with van der Waals surface area (Å²) < 4.78 is 12.8. The Labute approximate surface area is 111 Å². The van der Waals surface area contributed by atoms with Crippen LogP contribution in [-0.4, -0.2) is 10.8 Å². The number of carbonyl (C=O) groups is 1. The van der Waals surface area contributed by atoms with E-state index in [1.54, 1.807) is 6.07 Å². The number of fused-ring (bicyclic) bond motifs is 1. The predicted molar refractivity (Wildman–Crippen MR) is 71.4 cm³/mol. The van der Waals surface area contributed by atoms with Crippen molar-refractivity contribution in [2.75, 3.05) is 0 Å². The number of carbonyl (C=O) groups excluding carboxylic acids is 1. The van der Waals surface area contributed by atoms with Crippen molar-refractivity contribution in [3.05, 3.63) is 53.6 Å². The molecule has 0 unspecified atom stereocenters. The van der Waals surface area contributed by atoms with Crippen molar-refractivity contribution in [2.45, 2.75) is 20.3 Å². The predicted octanol–water partition coefficient (Wildman–Crippen LogP) is 3.65. The minimum absolute atomic E-state index is 0.180. The van der Waals surface area contributed by atoms with E-state index < -0.39 is 5.95 Å². The summed E-state index contributed by atoms with van der Waals surface area (Å²) in [6.07, 6.45) is 2.27. The molecule has 0 N–H and O–H groups in total. The molecule has 1 heterocycles. The second-order valence-electron chi connectivity index (χ2n) is 5.63. The molecule has 0 aliphatic heterocycles. The number of halogens is 1. The second-order valence-corrected chi connectivity index (χ2v) is 5.63. The van der Waals surface area contributed by atoms with E-state index >= 15 is 0 Å². The molecule has 19 heavy (non-hydrogen) atoms. The first-order chi connectivity index (χ1) is 8.97. The van der Waals surface area contributed by atoms with Gasteiger partial charge in [-0.05, 0) is 35.7 Å². The van der Waals surface area contributed by atoms with Gasteiger partial charge in [0.25, 0.3) is 0 Å². The second kappa shape index (κ2) is 3.98. The lowest BCUT2D eigenvalue weighted by molar-refractivity contribution is 0.0863. The van der Waals surface area contributed by atoms with Crippen LogP contribution in [0.15, 0.2) is 36.5 Å². The molecule has 2 nitrogen and oxygen atoms in total. The number of hydrogen-bond donors (Lipinski definition) is 0. The Balaban J connectivity index is 2.07. The molecule has 1 aliphatic rings. The van der Waals surface area contributed by atoms with Crippen LogP contribution < -0.4 is 0 Å². The maximum Gasteiger partial charge on any atom is 0.212 e. The van der Waals surface area contributed by atoms with Gasteiger partial charge in [0.1, 0.15) is 0 Å². The van der Waals surface area contributed by atoms with Crippen molar-refractivity contribution in [3.63, 3.8) is 0 Å². The maximum atomic E-state index is 12.8. The molecule has 2 aromatic rings. The Hall–Kier alpha value is -2.03. The standard InChI is InChI=1S/C16H14FNO/c1-16(2)8-11-4-3-10(7-13(11)15(16)19)12-5-6-14(17)18-9-12/h3-7,9H,8H2,1-2H3. The van der Waals surface area contributed by atoms with Crippen LogP contribution in [-0.2, 0) is 6.42 Å². The number of aromatic nitrogens is 1. The number of nitrogens with zero attached hydrogens (tertiary/aromatic N) is 1. The summed E-state index contributed by atoms with van der Waals surface area (Å²) in [4.78, 5) is 15.9. The van der Waals surface area contributed by atoms with Crippen molar-refractivity contribution < 1.29 is 9.18 Å². The van der Waals surface area contributed by atoms with Crippen LogP contribution >= 0.6 is 0 Å². The van der Waals surface area contributed by atoms with Crippen LogP contribution in [0, 0.1) is 11.4 Å². The number of hydrogen-bond acceptors (Lipinski definition) is 2. The monoisotopic (exact) mass is 255 g/mol. The van der Waals surface area contributed by atoms with Crippen molar-refractivity contribution in [3.8, 4) is 11.1 Å². The van der Waals surface area contributed by atoms with Gasteiger partial charge in [-0.15, -0.1) is 0 Å². The minimum atomic E-state index is -0.498. The highest BCUT2D eigenvalue weighted by molar-refractivity contribution is 6.05. The SMILES string of the molecule is CC1(C)Cc2ccc(-c3ccc(F)nc3)cc2C1=O. The smallest absolute Gasteiger partial charge is 0.212 e. The number of ketones is 1. The van der Waals surface area contributed by atoms with Gasteiger partial charge in [-0.1, -0.05) is 26.0 Å². The quantitative estimate of drug-likeness (QED) is 0.728. The molecule has 1 aliphatic carbocycles. The molecule has 1 aromatic carbocycles. The summed E-state index contributed by atoms with van der Waals surface area (Å²) in [5, 5.41) is 0. The third kappa shape index (κ3) is 1.95. The van der Waals surface area contributed by atoms with E-state index in [9.17, 15) is 9.18 Å². The molecular weight excluding hydrogens is 241 g/mol. The zero-order valence-electron chi connectivity index (χ0n) is 10.9. The first-order valence-corrected chi connectivity index (χ1v) is 6.27. The Morgan fingerprint density at radius 1 is 1.16 bits per heavy atom. The van der Waals surface area contributed by atoms with Gasteiger partial charge in [0.05, 0.1) is 0 Å². The van der Waals surface area contributed by atoms with E-state index in [0.29, 0.717) is 0 Å². The largest absolute Gasteiger partial charge is 0.294 e. The van der Waals surface area contributed by atoms with Gasteiger partial charge < -0.3 is 0 Å². The van der Waals surface area contributed by atoms with Crippen molar-refractivity contribution in [1.29, 1.82) is 0 Å². The molecular formula is C16H14FNO. The average Bonchev–Trinajstić information content (AvgIpc) is 2.61. The molecule has 0 radical (unpaired) electrons. The Morgan fingerprint density at radius 3 is 2.58 bits per heavy atom. The Bertz CT molecular complexity index is 659. The van der Waals surface area contributed by atoms with Crippen molar-refractivity contribution in [1.82, 2.24) is 4.98 Å². The van der Waals surface area contributed by atoms with Crippen LogP contribution in [0.2, 0.25) is 0 Å². The summed E-state index contributed by atoms with van der Waals surface area (Å²) in [5.41, 5.74) is 3.28. The number of rotatable bonds is 1. The minimum Gasteiger partial charge on any atom is -0.294 e. The molecule has 96 valence electrons. The highest BCUT2D eigenvalue weighted by Gasteiger charge is 2.37. The molecule has 0 bridgehead atoms. The third-order valence-electron chi connectivity index (χ3n) is 3.66. The number of Topliss-reactive ketones (excluding diaryl/α,β-unsaturated/α-hetero) is 1. The van der Waals surface area contributed by atoms with Gasteiger partial charge in [0.15, 0.2) is 5.78 Å². The van der Waals surface area contributed by atoms with Crippen LogP contribution in [0.5, 0.6) is 0 Å². The van der Waals surface area contributed by atoms with Gasteiger partial charge in [-0.3, -0.25) is 4.79 Å². The molecule has 0 spiro atoms. The van der Waals surface area contributed by atoms with Crippen molar-refractivity contribution >= 4 is 5.78 Å². The summed E-state index contributed by atoms with van der Waals surface area (Å²) in [6.45, 7) is 3.93. The Morgan fingerprint density at radius 2 is 1.89 bits per heavy atom. The zero-order chi connectivity index (χ0) is 13.6. The molecule has 3 rings (SSSR count). The summed E-state index contributed by atoms with van der Waals surface area (Å²) in [5.74, 6) is -0.318. The molecule has 0 saturated heterocycles. The first-order valence-electron chi connectivity index (χ1n) is 6.27. The molecule has 0 fully saturated rings. The lowest BCUT2D eigenvalue weighted by atomic mass is 9.89.